The van der Waals surface area contributed by atoms with E-state index in [1.807, 2.05) is 43.3 Å². The zero-order chi connectivity index (χ0) is 20.2. The second-order valence-electron chi connectivity index (χ2n) is 6.76. The van der Waals surface area contributed by atoms with Gasteiger partial charge in [0.25, 0.3) is 0 Å². The zero-order valence-corrected chi connectivity index (χ0v) is 16.0. The summed E-state index contributed by atoms with van der Waals surface area (Å²) in [5.74, 6) is -0.0137. The molecule has 144 valence electrons. The highest BCUT2D eigenvalue weighted by Gasteiger charge is 2.18. The van der Waals surface area contributed by atoms with Gasteiger partial charge in [-0.2, -0.15) is 0 Å². The van der Waals surface area contributed by atoms with Crippen LogP contribution in [0.1, 0.15) is 24.8 Å². The van der Waals surface area contributed by atoms with Crippen LogP contribution in [0.25, 0.3) is 22.4 Å². The molecule has 1 aromatic heterocycles. The van der Waals surface area contributed by atoms with Crippen LogP contribution in [0.15, 0.2) is 88.1 Å². The summed E-state index contributed by atoms with van der Waals surface area (Å²) in [5, 5.41) is 3.41. The zero-order valence-electron chi connectivity index (χ0n) is 16.0. The third-order valence-electron chi connectivity index (χ3n) is 4.86. The van der Waals surface area contributed by atoms with Gasteiger partial charge in [0.15, 0.2) is 0 Å². The first kappa shape index (κ1) is 18.6. The molecule has 0 saturated carbocycles. The standard InChI is InChI=1S/C24H20N2O3/c1-2-19(16-8-4-3-5-9-16)22(27)25-18-14-12-17(13-15-18)23-26-21-11-7-6-10-20(21)24(28)29-23/h3-15,19H,2H2,1H3,(H,25,27)/t19-/m0/s1. The number of amides is 1. The Morgan fingerprint density at radius 3 is 2.38 bits per heavy atom. The van der Waals surface area contributed by atoms with Crippen LogP contribution in [-0.2, 0) is 4.79 Å². The monoisotopic (exact) mass is 384 g/mol. The Bertz CT molecular complexity index is 1200. The molecule has 5 nitrogen and oxygen atoms in total. The van der Waals surface area contributed by atoms with Crippen LogP contribution in [0.2, 0.25) is 0 Å². The van der Waals surface area contributed by atoms with Gasteiger partial charge in [-0.15, -0.1) is 0 Å². The number of benzene rings is 3. The van der Waals surface area contributed by atoms with E-state index < -0.39 is 5.63 Å². The minimum absolute atomic E-state index is 0.0539. The highest BCUT2D eigenvalue weighted by Crippen LogP contribution is 2.24. The molecule has 1 amide bonds. The van der Waals surface area contributed by atoms with Crippen molar-refractivity contribution >= 4 is 22.5 Å². The molecular weight excluding hydrogens is 364 g/mol. The first-order chi connectivity index (χ1) is 14.2. The van der Waals surface area contributed by atoms with Crippen molar-refractivity contribution in [3.63, 3.8) is 0 Å². The van der Waals surface area contributed by atoms with Crippen LogP contribution in [0, 0.1) is 0 Å². The number of anilines is 1. The Morgan fingerprint density at radius 1 is 0.966 bits per heavy atom. The summed E-state index contributed by atoms with van der Waals surface area (Å²) in [7, 11) is 0. The van der Waals surface area contributed by atoms with E-state index in [1.165, 1.54) is 0 Å². The molecule has 0 aliphatic carbocycles. The highest BCUT2D eigenvalue weighted by atomic mass is 16.4. The summed E-state index contributed by atoms with van der Waals surface area (Å²) in [6.45, 7) is 1.99. The van der Waals surface area contributed by atoms with Crippen molar-refractivity contribution < 1.29 is 9.21 Å². The minimum atomic E-state index is -0.420. The number of nitrogens with one attached hydrogen (secondary N) is 1. The molecule has 1 heterocycles. The first-order valence-electron chi connectivity index (χ1n) is 9.52. The van der Waals surface area contributed by atoms with Gasteiger partial charge in [-0.1, -0.05) is 49.4 Å². The number of rotatable bonds is 5. The quantitative estimate of drug-likeness (QED) is 0.526. The smallest absolute Gasteiger partial charge is 0.347 e. The van der Waals surface area contributed by atoms with E-state index in [1.54, 1.807) is 42.5 Å². The second-order valence-corrected chi connectivity index (χ2v) is 6.76. The van der Waals surface area contributed by atoms with Gasteiger partial charge in [0.2, 0.25) is 11.8 Å². The summed E-state index contributed by atoms with van der Waals surface area (Å²) < 4.78 is 5.36. The highest BCUT2D eigenvalue weighted by molar-refractivity contribution is 5.96. The average molecular weight is 384 g/mol. The van der Waals surface area contributed by atoms with E-state index in [0.29, 0.717) is 28.6 Å². The molecule has 0 radical (unpaired) electrons. The molecule has 0 aliphatic rings. The molecule has 0 saturated heterocycles. The Labute approximate surface area is 168 Å². The Balaban J connectivity index is 1.55. The number of carbonyl (C=O) groups is 1. The Morgan fingerprint density at radius 2 is 1.66 bits per heavy atom. The molecule has 29 heavy (non-hydrogen) atoms. The molecule has 0 unspecified atom stereocenters. The predicted molar refractivity (Wildman–Crippen MR) is 114 cm³/mol. The number of fused-ring (bicyclic) bond motifs is 1. The maximum Gasteiger partial charge on any atom is 0.347 e. The Kier molecular flexibility index (Phi) is 5.20. The van der Waals surface area contributed by atoms with Crippen molar-refractivity contribution in [2.75, 3.05) is 5.32 Å². The Hall–Kier alpha value is -3.73. The number of para-hydroxylation sites is 1. The molecule has 0 fully saturated rings. The molecule has 3 aromatic carbocycles. The molecule has 4 aromatic rings. The van der Waals surface area contributed by atoms with Gasteiger partial charge in [0, 0.05) is 11.3 Å². The lowest BCUT2D eigenvalue weighted by molar-refractivity contribution is -0.117. The predicted octanol–water partition coefficient (Wildman–Crippen LogP) is 4.99. The van der Waals surface area contributed by atoms with Crippen LogP contribution in [0.5, 0.6) is 0 Å². The largest absolute Gasteiger partial charge is 0.403 e. The lowest BCUT2D eigenvalue weighted by atomic mass is 9.95. The van der Waals surface area contributed by atoms with E-state index in [0.717, 1.165) is 5.56 Å². The van der Waals surface area contributed by atoms with Crippen LogP contribution in [0.4, 0.5) is 5.69 Å². The van der Waals surface area contributed by atoms with E-state index in [9.17, 15) is 9.59 Å². The van der Waals surface area contributed by atoms with E-state index in [4.69, 9.17) is 4.42 Å². The topological polar surface area (TPSA) is 72.2 Å². The van der Waals surface area contributed by atoms with Crippen LogP contribution in [0.3, 0.4) is 0 Å². The summed E-state index contributed by atoms with van der Waals surface area (Å²) >= 11 is 0. The van der Waals surface area contributed by atoms with Crippen molar-refractivity contribution in [1.82, 2.24) is 4.98 Å². The summed E-state index contributed by atoms with van der Waals surface area (Å²) in [4.78, 5) is 29.3. The maximum atomic E-state index is 12.7. The van der Waals surface area contributed by atoms with Crippen LogP contribution >= 0.6 is 0 Å². The third-order valence-corrected chi connectivity index (χ3v) is 4.86. The average Bonchev–Trinajstić information content (AvgIpc) is 2.75. The molecule has 0 aliphatic heterocycles. The molecule has 1 N–H and O–H groups in total. The number of hydrogen-bond donors (Lipinski definition) is 1. The molecular formula is C24H20N2O3. The molecule has 1 atom stereocenters. The summed E-state index contributed by atoms with van der Waals surface area (Å²) in [6, 6.07) is 23.9. The van der Waals surface area contributed by atoms with Crippen molar-refractivity contribution in [1.29, 1.82) is 0 Å². The van der Waals surface area contributed by atoms with Gasteiger partial charge in [0.05, 0.1) is 16.8 Å². The number of carbonyl (C=O) groups excluding carboxylic acids is 1. The third kappa shape index (κ3) is 3.94. The normalized spacial score (nSPS) is 11.9. The van der Waals surface area contributed by atoms with Gasteiger partial charge >= 0.3 is 5.63 Å². The van der Waals surface area contributed by atoms with Crippen molar-refractivity contribution in [3.05, 3.63) is 94.8 Å². The van der Waals surface area contributed by atoms with Crippen LogP contribution < -0.4 is 10.9 Å². The van der Waals surface area contributed by atoms with Gasteiger partial charge in [0.1, 0.15) is 0 Å². The van der Waals surface area contributed by atoms with Crippen molar-refractivity contribution in [2.24, 2.45) is 0 Å². The van der Waals surface area contributed by atoms with E-state index >= 15 is 0 Å². The summed E-state index contributed by atoms with van der Waals surface area (Å²) in [6.07, 6.45) is 0.708. The molecule has 0 spiro atoms. The fourth-order valence-corrected chi connectivity index (χ4v) is 3.33. The molecule has 0 bridgehead atoms. The lowest BCUT2D eigenvalue weighted by Crippen LogP contribution is -2.20. The molecule has 5 heteroatoms. The fraction of sp³-hybridized carbons (Fsp3) is 0.125. The lowest BCUT2D eigenvalue weighted by Gasteiger charge is -2.15. The van der Waals surface area contributed by atoms with Gasteiger partial charge in [-0.25, -0.2) is 9.78 Å². The van der Waals surface area contributed by atoms with Gasteiger partial charge < -0.3 is 9.73 Å². The second kappa shape index (κ2) is 8.10. The summed E-state index contributed by atoms with van der Waals surface area (Å²) in [5.41, 5.74) is 2.50. The SMILES string of the molecule is CC[C@H](C(=O)Nc1ccc(-c2nc3ccccc3c(=O)o2)cc1)c1ccccc1. The number of aromatic nitrogens is 1. The fourth-order valence-electron chi connectivity index (χ4n) is 3.33. The van der Waals surface area contributed by atoms with E-state index in [-0.39, 0.29) is 17.7 Å². The van der Waals surface area contributed by atoms with Crippen LogP contribution in [-0.4, -0.2) is 10.9 Å². The molecule has 4 rings (SSSR count). The first-order valence-corrected chi connectivity index (χ1v) is 9.52. The number of nitrogens with zero attached hydrogens (tertiary/aromatic N) is 1. The minimum Gasteiger partial charge on any atom is -0.403 e. The maximum absolute atomic E-state index is 12.7. The van der Waals surface area contributed by atoms with Crippen molar-refractivity contribution in [3.8, 4) is 11.5 Å². The van der Waals surface area contributed by atoms with E-state index in [2.05, 4.69) is 10.3 Å². The van der Waals surface area contributed by atoms with Crippen molar-refractivity contribution in [2.45, 2.75) is 19.3 Å². The number of hydrogen-bond acceptors (Lipinski definition) is 4. The van der Waals surface area contributed by atoms with Gasteiger partial charge in [-0.3, -0.25) is 4.79 Å². The van der Waals surface area contributed by atoms with Gasteiger partial charge in [-0.05, 0) is 48.4 Å².